The molecular weight excluding hydrogens is 166 g/mol. The third-order valence-corrected chi connectivity index (χ3v) is 1.98. The Labute approximate surface area is 78.1 Å². The maximum Gasteiger partial charge on any atom is 0.123 e. The molecule has 3 heteroatoms. The number of aliphatic hydroxyl groups is 1. The molecule has 1 atom stereocenters. The van der Waals surface area contributed by atoms with Gasteiger partial charge >= 0.3 is 0 Å². The Kier molecular flexibility index (Phi) is 3.28. The van der Waals surface area contributed by atoms with Crippen molar-refractivity contribution in [2.45, 2.75) is 13.0 Å². The Bertz CT molecular complexity index is 286. The molecular formula is C10H15NO2. The third kappa shape index (κ3) is 2.20. The molecule has 0 amide bonds. The van der Waals surface area contributed by atoms with E-state index in [1.54, 1.807) is 7.11 Å². The van der Waals surface area contributed by atoms with E-state index in [1.807, 2.05) is 25.1 Å². The zero-order valence-electron chi connectivity index (χ0n) is 7.95. The molecule has 72 valence electrons. The van der Waals surface area contributed by atoms with Gasteiger partial charge < -0.3 is 15.6 Å². The minimum Gasteiger partial charge on any atom is -0.496 e. The second-order valence-electron chi connectivity index (χ2n) is 3.03. The van der Waals surface area contributed by atoms with Gasteiger partial charge in [-0.05, 0) is 13.0 Å². The van der Waals surface area contributed by atoms with E-state index in [0.717, 1.165) is 16.9 Å². The van der Waals surface area contributed by atoms with E-state index in [1.165, 1.54) is 0 Å². The minimum absolute atomic E-state index is 0.0696. The molecule has 0 aliphatic rings. The SMILES string of the molecule is COc1ccc(C)cc1[C@@H](N)CO. The maximum absolute atomic E-state index is 8.92. The summed E-state index contributed by atoms with van der Waals surface area (Å²) >= 11 is 0. The van der Waals surface area contributed by atoms with Crippen LogP contribution in [0.3, 0.4) is 0 Å². The van der Waals surface area contributed by atoms with Gasteiger partial charge in [-0.1, -0.05) is 17.7 Å². The number of aliphatic hydroxyl groups excluding tert-OH is 1. The van der Waals surface area contributed by atoms with Gasteiger partial charge in [0, 0.05) is 5.56 Å². The first kappa shape index (κ1) is 10.0. The summed E-state index contributed by atoms with van der Waals surface area (Å²) < 4.78 is 5.13. The first-order chi connectivity index (χ1) is 6.19. The van der Waals surface area contributed by atoms with Crippen LogP contribution in [0.2, 0.25) is 0 Å². The van der Waals surface area contributed by atoms with Crippen LogP contribution in [0, 0.1) is 6.92 Å². The monoisotopic (exact) mass is 181 g/mol. The van der Waals surface area contributed by atoms with Crippen LogP contribution in [0.4, 0.5) is 0 Å². The maximum atomic E-state index is 8.92. The summed E-state index contributed by atoms with van der Waals surface area (Å²) in [6.07, 6.45) is 0. The number of aryl methyl sites for hydroxylation is 1. The summed E-state index contributed by atoms with van der Waals surface area (Å²) in [5, 5.41) is 8.92. The first-order valence-electron chi connectivity index (χ1n) is 4.20. The fourth-order valence-electron chi connectivity index (χ4n) is 1.24. The Balaban J connectivity index is 3.07. The number of rotatable bonds is 3. The van der Waals surface area contributed by atoms with Crippen molar-refractivity contribution in [2.75, 3.05) is 13.7 Å². The summed E-state index contributed by atoms with van der Waals surface area (Å²) in [5.74, 6) is 0.729. The topological polar surface area (TPSA) is 55.5 Å². The second-order valence-corrected chi connectivity index (χ2v) is 3.03. The van der Waals surface area contributed by atoms with Crippen LogP contribution >= 0.6 is 0 Å². The van der Waals surface area contributed by atoms with Crippen molar-refractivity contribution in [1.29, 1.82) is 0 Å². The highest BCUT2D eigenvalue weighted by Gasteiger charge is 2.10. The van der Waals surface area contributed by atoms with Crippen molar-refractivity contribution in [2.24, 2.45) is 5.73 Å². The molecule has 0 aromatic heterocycles. The van der Waals surface area contributed by atoms with Gasteiger partial charge in [0.2, 0.25) is 0 Å². The average molecular weight is 181 g/mol. The van der Waals surface area contributed by atoms with Crippen molar-refractivity contribution in [1.82, 2.24) is 0 Å². The summed E-state index contributed by atoms with van der Waals surface area (Å²) in [6.45, 7) is 1.91. The van der Waals surface area contributed by atoms with Crippen LogP contribution in [0.25, 0.3) is 0 Å². The number of ether oxygens (including phenoxy) is 1. The summed E-state index contributed by atoms with van der Waals surface area (Å²) in [6, 6.07) is 5.38. The molecule has 1 aromatic carbocycles. The molecule has 3 N–H and O–H groups in total. The van der Waals surface area contributed by atoms with E-state index < -0.39 is 0 Å². The normalized spacial score (nSPS) is 12.6. The molecule has 3 nitrogen and oxygen atoms in total. The van der Waals surface area contributed by atoms with E-state index in [4.69, 9.17) is 15.6 Å². The molecule has 0 radical (unpaired) electrons. The van der Waals surface area contributed by atoms with E-state index in [0.29, 0.717) is 0 Å². The number of hydrogen-bond acceptors (Lipinski definition) is 3. The van der Waals surface area contributed by atoms with Gasteiger partial charge in [0.1, 0.15) is 5.75 Å². The van der Waals surface area contributed by atoms with Gasteiger partial charge in [-0.2, -0.15) is 0 Å². The molecule has 0 unspecified atom stereocenters. The molecule has 0 fully saturated rings. The highest BCUT2D eigenvalue weighted by atomic mass is 16.5. The first-order valence-corrected chi connectivity index (χ1v) is 4.20. The number of nitrogens with two attached hydrogens (primary N) is 1. The number of hydrogen-bond donors (Lipinski definition) is 2. The smallest absolute Gasteiger partial charge is 0.123 e. The zero-order valence-corrected chi connectivity index (χ0v) is 7.95. The molecule has 0 spiro atoms. The van der Waals surface area contributed by atoms with Crippen molar-refractivity contribution < 1.29 is 9.84 Å². The lowest BCUT2D eigenvalue weighted by Crippen LogP contribution is -2.15. The summed E-state index contributed by atoms with van der Waals surface area (Å²) in [7, 11) is 1.60. The van der Waals surface area contributed by atoms with Gasteiger partial charge in [0.05, 0.1) is 19.8 Å². The van der Waals surface area contributed by atoms with Crippen molar-refractivity contribution >= 4 is 0 Å². The summed E-state index contributed by atoms with van der Waals surface area (Å²) in [4.78, 5) is 0. The highest BCUT2D eigenvalue weighted by Crippen LogP contribution is 2.24. The van der Waals surface area contributed by atoms with E-state index in [9.17, 15) is 0 Å². The van der Waals surface area contributed by atoms with Crippen molar-refractivity contribution in [3.05, 3.63) is 29.3 Å². The zero-order chi connectivity index (χ0) is 9.84. The predicted octanol–water partition coefficient (Wildman–Crippen LogP) is 0.996. The fraction of sp³-hybridized carbons (Fsp3) is 0.400. The van der Waals surface area contributed by atoms with Crippen molar-refractivity contribution in [3.8, 4) is 5.75 Å². The molecule has 0 aliphatic carbocycles. The number of methoxy groups -OCH3 is 1. The van der Waals surface area contributed by atoms with Crippen LogP contribution < -0.4 is 10.5 Å². The standard InChI is InChI=1S/C10H15NO2/c1-7-3-4-10(13-2)8(5-7)9(11)6-12/h3-5,9,12H,6,11H2,1-2H3/t9-/m0/s1. The van der Waals surface area contributed by atoms with Crippen LogP contribution in [-0.2, 0) is 0 Å². The minimum atomic E-state index is -0.366. The predicted molar refractivity (Wildman–Crippen MR) is 51.7 cm³/mol. The van der Waals surface area contributed by atoms with Crippen LogP contribution in [0.15, 0.2) is 18.2 Å². The molecule has 13 heavy (non-hydrogen) atoms. The van der Waals surface area contributed by atoms with Gasteiger partial charge in [0.15, 0.2) is 0 Å². The van der Waals surface area contributed by atoms with Crippen LogP contribution in [-0.4, -0.2) is 18.8 Å². The van der Waals surface area contributed by atoms with E-state index in [-0.39, 0.29) is 12.6 Å². The molecule has 1 aromatic rings. The molecule has 1 rings (SSSR count). The van der Waals surface area contributed by atoms with Gasteiger partial charge in [-0.15, -0.1) is 0 Å². The molecule has 0 bridgehead atoms. The van der Waals surface area contributed by atoms with Crippen LogP contribution in [0.1, 0.15) is 17.2 Å². The van der Waals surface area contributed by atoms with Gasteiger partial charge in [-0.25, -0.2) is 0 Å². The molecule has 0 saturated heterocycles. The summed E-state index contributed by atoms with van der Waals surface area (Å²) in [5.41, 5.74) is 7.67. The molecule has 0 saturated carbocycles. The Morgan fingerprint density at radius 3 is 2.77 bits per heavy atom. The lowest BCUT2D eigenvalue weighted by Gasteiger charge is -2.13. The Morgan fingerprint density at radius 2 is 2.23 bits per heavy atom. The second kappa shape index (κ2) is 4.25. The van der Waals surface area contributed by atoms with Crippen molar-refractivity contribution in [3.63, 3.8) is 0 Å². The van der Waals surface area contributed by atoms with E-state index >= 15 is 0 Å². The van der Waals surface area contributed by atoms with E-state index in [2.05, 4.69) is 0 Å². The number of benzene rings is 1. The molecule has 0 aliphatic heterocycles. The fourth-order valence-corrected chi connectivity index (χ4v) is 1.24. The lowest BCUT2D eigenvalue weighted by atomic mass is 10.0. The van der Waals surface area contributed by atoms with Gasteiger partial charge in [-0.3, -0.25) is 0 Å². The quantitative estimate of drug-likeness (QED) is 0.731. The Morgan fingerprint density at radius 1 is 1.54 bits per heavy atom. The third-order valence-electron chi connectivity index (χ3n) is 1.98. The van der Waals surface area contributed by atoms with Crippen LogP contribution in [0.5, 0.6) is 5.75 Å². The lowest BCUT2D eigenvalue weighted by molar-refractivity contribution is 0.264. The molecule has 0 heterocycles. The average Bonchev–Trinajstić information content (AvgIpc) is 2.16. The largest absolute Gasteiger partial charge is 0.496 e. The van der Waals surface area contributed by atoms with Gasteiger partial charge in [0.25, 0.3) is 0 Å². The highest BCUT2D eigenvalue weighted by molar-refractivity contribution is 5.38. The Hall–Kier alpha value is -1.06.